The van der Waals surface area contributed by atoms with E-state index in [2.05, 4.69) is 12.2 Å². The minimum Gasteiger partial charge on any atom is -0.494 e. The molecule has 1 saturated heterocycles. The van der Waals surface area contributed by atoms with Crippen LogP contribution in [0.4, 0.5) is 5.69 Å². The van der Waals surface area contributed by atoms with Crippen molar-refractivity contribution < 1.29 is 19.1 Å². The summed E-state index contributed by atoms with van der Waals surface area (Å²) in [4.78, 5) is 25.9. The van der Waals surface area contributed by atoms with Crippen molar-refractivity contribution in [2.24, 2.45) is 5.92 Å². The molecule has 144 valence electrons. The van der Waals surface area contributed by atoms with Gasteiger partial charge in [-0.1, -0.05) is 13.3 Å². The van der Waals surface area contributed by atoms with Gasteiger partial charge in [-0.25, -0.2) is 0 Å². The molecule has 1 heterocycles. The molecule has 1 aliphatic heterocycles. The van der Waals surface area contributed by atoms with E-state index in [0.717, 1.165) is 30.9 Å². The zero-order valence-corrected chi connectivity index (χ0v) is 15.8. The summed E-state index contributed by atoms with van der Waals surface area (Å²) in [5.41, 5.74) is 0.891. The number of nitrogens with one attached hydrogen (secondary N) is 1. The van der Waals surface area contributed by atoms with Gasteiger partial charge in [0, 0.05) is 18.8 Å². The molecule has 1 amide bonds. The fraction of sp³-hybridized carbons (Fsp3) is 0.600. The predicted molar refractivity (Wildman–Crippen MR) is 101 cm³/mol. The molecule has 1 aliphatic rings. The number of amides is 1. The van der Waals surface area contributed by atoms with E-state index >= 15 is 0 Å². The number of benzene rings is 1. The van der Waals surface area contributed by atoms with Crippen molar-refractivity contribution in [3.05, 3.63) is 24.3 Å². The molecule has 1 aromatic rings. The summed E-state index contributed by atoms with van der Waals surface area (Å²) in [6, 6.07) is 7.66. The number of unbranched alkanes of at least 4 members (excludes halogenated alkanes) is 1. The maximum absolute atomic E-state index is 12.3. The second-order valence-corrected chi connectivity index (χ2v) is 6.49. The first kappa shape index (κ1) is 20.1. The van der Waals surface area contributed by atoms with Gasteiger partial charge in [0.15, 0.2) is 0 Å². The fourth-order valence-corrected chi connectivity index (χ4v) is 2.92. The quantitative estimate of drug-likeness (QED) is 0.540. The SMILES string of the molecule is CCCCOc1ccc(NCC(=O)N2CCC(C(=O)OCC)CC2)cc1. The predicted octanol–water partition coefficient (Wildman–Crippen LogP) is 3.08. The normalized spacial score (nSPS) is 14.8. The van der Waals surface area contributed by atoms with E-state index in [1.807, 2.05) is 36.1 Å². The topological polar surface area (TPSA) is 67.9 Å². The molecule has 2 rings (SSSR count). The Balaban J connectivity index is 1.71. The second kappa shape index (κ2) is 10.7. The largest absolute Gasteiger partial charge is 0.494 e. The number of ether oxygens (including phenoxy) is 2. The Morgan fingerprint density at radius 3 is 2.46 bits per heavy atom. The van der Waals surface area contributed by atoms with Crippen LogP contribution in [-0.4, -0.2) is 49.6 Å². The molecular formula is C20H30N2O4. The van der Waals surface area contributed by atoms with Crippen LogP contribution in [0.5, 0.6) is 5.75 Å². The highest BCUT2D eigenvalue weighted by Gasteiger charge is 2.27. The summed E-state index contributed by atoms with van der Waals surface area (Å²) in [6.45, 7) is 6.54. The van der Waals surface area contributed by atoms with Crippen LogP contribution in [0.2, 0.25) is 0 Å². The maximum Gasteiger partial charge on any atom is 0.309 e. The van der Waals surface area contributed by atoms with Gasteiger partial charge in [-0.3, -0.25) is 9.59 Å². The van der Waals surface area contributed by atoms with E-state index in [-0.39, 0.29) is 24.3 Å². The van der Waals surface area contributed by atoms with Gasteiger partial charge in [-0.2, -0.15) is 0 Å². The number of likely N-dealkylation sites (tertiary alicyclic amines) is 1. The third-order valence-corrected chi connectivity index (χ3v) is 4.53. The van der Waals surface area contributed by atoms with Gasteiger partial charge >= 0.3 is 5.97 Å². The summed E-state index contributed by atoms with van der Waals surface area (Å²) in [7, 11) is 0. The smallest absolute Gasteiger partial charge is 0.309 e. The molecule has 0 aromatic heterocycles. The minimum absolute atomic E-state index is 0.0515. The van der Waals surface area contributed by atoms with E-state index in [1.165, 1.54) is 0 Å². The fourth-order valence-electron chi connectivity index (χ4n) is 2.92. The molecule has 6 nitrogen and oxygen atoms in total. The number of piperidine rings is 1. The average Bonchev–Trinajstić information content (AvgIpc) is 2.67. The summed E-state index contributed by atoms with van der Waals surface area (Å²) in [5.74, 6) is 0.679. The number of rotatable bonds is 9. The van der Waals surface area contributed by atoms with Crippen LogP contribution < -0.4 is 10.1 Å². The van der Waals surface area contributed by atoms with Crippen molar-refractivity contribution in [3.63, 3.8) is 0 Å². The number of carbonyl (C=O) groups excluding carboxylic acids is 2. The summed E-state index contributed by atoms with van der Waals surface area (Å²) in [5, 5.41) is 3.15. The number of carbonyl (C=O) groups is 2. The third-order valence-electron chi connectivity index (χ3n) is 4.53. The highest BCUT2D eigenvalue weighted by molar-refractivity contribution is 5.81. The van der Waals surface area contributed by atoms with Crippen molar-refractivity contribution >= 4 is 17.6 Å². The van der Waals surface area contributed by atoms with Crippen LogP contribution in [0.1, 0.15) is 39.5 Å². The molecular weight excluding hydrogens is 332 g/mol. The Morgan fingerprint density at radius 1 is 1.15 bits per heavy atom. The molecule has 0 saturated carbocycles. The molecule has 1 fully saturated rings. The number of hydrogen-bond acceptors (Lipinski definition) is 5. The van der Waals surface area contributed by atoms with E-state index in [1.54, 1.807) is 0 Å². The molecule has 0 atom stereocenters. The Hall–Kier alpha value is -2.24. The summed E-state index contributed by atoms with van der Waals surface area (Å²) in [6.07, 6.45) is 3.50. The highest BCUT2D eigenvalue weighted by atomic mass is 16.5. The molecule has 0 radical (unpaired) electrons. The van der Waals surface area contributed by atoms with Gasteiger partial charge in [0.25, 0.3) is 0 Å². The van der Waals surface area contributed by atoms with Crippen LogP contribution >= 0.6 is 0 Å². The first-order valence-electron chi connectivity index (χ1n) is 9.55. The first-order valence-corrected chi connectivity index (χ1v) is 9.55. The van der Waals surface area contributed by atoms with Gasteiger partial charge in [0.2, 0.25) is 5.91 Å². The van der Waals surface area contributed by atoms with Crippen molar-refractivity contribution in [2.45, 2.75) is 39.5 Å². The second-order valence-electron chi connectivity index (χ2n) is 6.49. The number of nitrogens with zero attached hydrogens (tertiary/aromatic N) is 1. The van der Waals surface area contributed by atoms with Crippen molar-refractivity contribution in [2.75, 3.05) is 38.2 Å². The monoisotopic (exact) mass is 362 g/mol. The van der Waals surface area contributed by atoms with Gasteiger partial charge in [0.05, 0.1) is 25.7 Å². The Bertz CT molecular complexity index is 566. The van der Waals surface area contributed by atoms with Crippen molar-refractivity contribution in [1.29, 1.82) is 0 Å². The molecule has 6 heteroatoms. The Kier molecular flexibility index (Phi) is 8.25. The Morgan fingerprint density at radius 2 is 1.85 bits per heavy atom. The van der Waals surface area contributed by atoms with Crippen LogP contribution in [0.3, 0.4) is 0 Å². The Labute approximate surface area is 155 Å². The van der Waals surface area contributed by atoms with Crippen LogP contribution in [0.25, 0.3) is 0 Å². The molecule has 0 bridgehead atoms. The number of hydrogen-bond donors (Lipinski definition) is 1. The van der Waals surface area contributed by atoms with E-state index in [4.69, 9.17) is 9.47 Å². The van der Waals surface area contributed by atoms with E-state index in [0.29, 0.717) is 32.5 Å². The van der Waals surface area contributed by atoms with Gasteiger partial charge < -0.3 is 19.7 Å². The summed E-state index contributed by atoms with van der Waals surface area (Å²) >= 11 is 0. The van der Waals surface area contributed by atoms with Crippen LogP contribution in [-0.2, 0) is 14.3 Å². The lowest BCUT2D eigenvalue weighted by Gasteiger charge is -2.31. The lowest BCUT2D eigenvalue weighted by atomic mass is 9.97. The van der Waals surface area contributed by atoms with Crippen molar-refractivity contribution in [1.82, 2.24) is 4.90 Å². The van der Waals surface area contributed by atoms with Crippen LogP contribution in [0, 0.1) is 5.92 Å². The zero-order chi connectivity index (χ0) is 18.8. The number of anilines is 1. The lowest BCUT2D eigenvalue weighted by Crippen LogP contribution is -2.43. The summed E-state index contributed by atoms with van der Waals surface area (Å²) < 4.78 is 10.7. The van der Waals surface area contributed by atoms with E-state index < -0.39 is 0 Å². The lowest BCUT2D eigenvalue weighted by molar-refractivity contribution is -0.151. The van der Waals surface area contributed by atoms with E-state index in [9.17, 15) is 9.59 Å². The van der Waals surface area contributed by atoms with Crippen LogP contribution in [0.15, 0.2) is 24.3 Å². The van der Waals surface area contributed by atoms with Crippen molar-refractivity contribution in [3.8, 4) is 5.75 Å². The maximum atomic E-state index is 12.3. The highest BCUT2D eigenvalue weighted by Crippen LogP contribution is 2.19. The standard InChI is InChI=1S/C20H30N2O4/c1-3-5-14-26-18-8-6-17(7-9-18)21-15-19(23)22-12-10-16(11-13-22)20(24)25-4-2/h6-9,16,21H,3-5,10-15H2,1-2H3. The van der Waals surface area contributed by atoms with Gasteiger partial charge in [-0.05, 0) is 50.5 Å². The van der Waals surface area contributed by atoms with Gasteiger partial charge in [0.1, 0.15) is 5.75 Å². The minimum atomic E-state index is -0.140. The van der Waals surface area contributed by atoms with Gasteiger partial charge in [-0.15, -0.1) is 0 Å². The molecule has 26 heavy (non-hydrogen) atoms. The molecule has 1 aromatic carbocycles. The zero-order valence-electron chi connectivity index (χ0n) is 15.8. The molecule has 1 N–H and O–H groups in total. The average molecular weight is 362 g/mol. The molecule has 0 spiro atoms. The molecule has 0 unspecified atom stereocenters. The third kappa shape index (κ3) is 6.24. The first-order chi connectivity index (χ1) is 12.6. The number of esters is 1. The molecule has 0 aliphatic carbocycles.